The van der Waals surface area contributed by atoms with Gasteiger partial charge in [-0.15, -0.1) is 12.4 Å². The van der Waals surface area contributed by atoms with Crippen molar-refractivity contribution in [2.75, 3.05) is 0 Å². The van der Waals surface area contributed by atoms with Crippen LogP contribution in [0.3, 0.4) is 0 Å². The lowest BCUT2D eigenvalue weighted by Gasteiger charge is -1.96. The molecule has 0 heterocycles. The molecule has 2 N–H and O–H groups in total. The van der Waals surface area contributed by atoms with E-state index in [0.29, 0.717) is 17.1 Å². The lowest BCUT2D eigenvalue weighted by Crippen LogP contribution is -1.96. The molecule has 0 aliphatic carbocycles. The second kappa shape index (κ2) is 4.54. The van der Waals surface area contributed by atoms with Gasteiger partial charge in [-0.25, -0.2) is 4.39 Å². The molecule has 0 fully saturated rings. The quantitative estimate of drug-likeness (QED) is 0.732. The van der Waals surface area contributed by atoms with Crippen LogP contribution in [0.5, 0.6) is 0 Å². The highest BCUT2D eigenvalue weighted by Gasteiger charge is 1.95. The van der Waals surface area contributed by atoms with Crippen molar-refractivity contribution in [1.29, 1.82) is 0 Å². The molecule has 0 bridgehead atoms. The molecule has 0 aliphatic heterocycles. The fourth-order valence-electron chi connectivity index (χ4n) is 0.729. The van der Waals surface area contributed by atoms with Gasteiger partial charge in [-0.2, -0.15) is 0 Å². The summed E-state index contributed by atoms with van der Waals surface area (Å²) in [7, 11) is 0. The third-order valence-corrected chi connectivity index (χ3v) is 1.38. The highest BCUT2D eigenvalue weighted by molar-refractivity contribution is 6.30. The van der Waals surface area contributed by atoms with Crippen LogP contribution in [-0.2, 0) is 6.54 Å². The van der Waals surface area contributed by atoms with Gasteiger partial charge in [0.1, 0.15) is 5.82 Å². The van der Waals surface area contributed by atoms with Gasteiger partial charge in [0.2, 0.25) is 0 Å². The van der Waals surface area contributed by atoms with Crippen LogP contribution in [0.1, 0.15) is 5.56 Å². The zero-order valence-electron chi connectivity index (χ0n) is 5.68. The van der Waals surface area contributed by atoms with Crippen LogP contribution < -0.4 is 5.73 Å². The van der Waals surface area contributed by atoms with Crippen LogP contribution in [0.4, 0.5) is 4.39 Å². The highest BCUT2D eigenvalue weighted by Crippen LogP contribution is 2.13. The number of hydrogen-bond donors (Lipinski definition) is 1. The molecule has 0 saturated heterocycles. The number of hydrogen-bond acceptors (Lipinski definition) is 1. The van der Waals surface area contributed by atoms with Crippen molar-refractivity contribution in [3.63, 3.8) is 0 Å². The topological polar surface area (TPSA) is 26.0 Å². The van der Waals surface area contributed by atoms with Gasteiger partial charge in [-0.3, -0.25) is 0 Å². The Labute approximate surface area is 75.8 Å². The number of benzene rings is 1. The minimum Gasteiger partial charge on any atom is -0.326 e. The van der Waals surface area contributed by atoms with E-state index in [-0.39, 0.29) is 18.2 Å². The van der Waals surface area contributed by atoms with Gasteiger partial charge in [0, 0.05) is 11.6 Å². The first-order valence-corrected chi connectivity index (χ1v) is 3.25. The molecule has 0 spiro atoms. The normalized spacial score (nSPS) is 9.00. The van der Waals surface area contributed by atoms with Crippen molar-refractivity contribution in [2.45, 2.75) is 6.54 Å². The maximum absolute atomic E-state index is 12.5. The summed E-state index contributed by atoms with van der Waals surface area (Å²) in [4.78, 5) is 0. The Bertz CT molecular complexity index is 220. The standard InChI is InChI=1S/C7H7ClFN.ClH/c8-6-1-5(4-10)2-7(9)3-6;/h1-3H,4,10H2;1H. The second-order valence-electron chi connectivity index (χ2n) is 1.98. The summed E-state index contributed by atoms with van der Waals surface area (Å²) >= 11 is 5.53. The maximum atomic E-state index is 12.5. The molecule has 11 heavy (non-hydrogen) atoms. The van der Waals surface area contributed by atoms with Gasteiger partial charge in [-0.1, -0.05) is 11.6 Å². The first kappa shape index (κ1) is 10.7. The Morgan fingerprint density at radius 3 is 2.45 bits per heavy atom. The van der Waals surface area contributed by atoms with Gasteiger partial charge in [0.05, 0.1) is 0 Å². The monoisotopic (exact) mass is 195 g/mol. The van der Waals surface area contributed by atoms with Crippen molar-refractivity contribution >= 4 is 24.0 Å². The van der Waals surface area contributed by atoms with E-state index < -0.39 is 0 Å². The predicted octanol–water partition coefficient (Wildman–Crippen LogP) is 2.36. The minimum atomic E-state index is -0.340. The fraction of sp³-hybridized carbons (Fsp3) is 0.143. The molecule has 0 unspecified atom stereocenters. The summed E-state index contributed by atoms with van der Waals surface area (Å²) in [6.45, 7) is 0.317. The third kappa shape index (κ3) is 3.06. The Balaban J connectivity index is 0.000001000. The molecule has 1 nitrogen and oxygen atoms in total. The van der Waals surface area contributed by atoms with Crippen LogP contribution in [-0.4, -0.2) is 0 Å². The fourth-order valence-corrected chi connectivity index (χ4v) is 0.973. The molecule has 1 aromatic carbocycles. The summed E-state index contributed by atoms with van der Waals surface area (Å²) in [5.41, 5.74) is 5.98. The summed E-state index contributed by atoms with van der Waals surface area (Å²) < 4.78 is 12.5. The van der Waals surface area contributed by atoms with E-state index in [4.69, 9.17) is 17.3 Å². The summed E-state index contributed by atoms with van der Waals surface area (Å²) in [5, 5.41) is 0.389. The molecule has 0 aromatic heterocycles. The van der Waals surface area contributed by atoms with Gasteiger partial charge in [0.15, 0.2) is 0 Å². The van der Waals surface area contributed by atoms with E-state index in [1.165, 1.54) is 12.1 Å². The van der Waals surface area contributed by atoms with E-state index in [1.807, 2.05) is 0 Å². The molecule has 62 valence electrons. The average Bonchev–Trinajstić information content (AvgIpc) is 1.85. The highest BCUT2D eigenvalue weighted by atomic mass is 35.5. The summed E-state index contributed by atoms with van der Waals surface area (Å²) in [6, 6.07) is 4.26. The molecule has 0 saturated carbocycles. The molecule has 0 atom stereocenters. The van der Waals surface area contributed by atoms with Gasteiger partial charge < -0.3 is 5.73 Å². The Morgan fingerprint density at radius 1 is 1.36 bits per heavy atom. The average molecular weight is 196 g/mol. The number of halogens is 3. The first-order valence-electron chi connectivity index (χ1n) is 2.87. The van der Waals surface area contributed by atoms with E-state index in [9.17, 15) is 4.39 Å². The van der Waals surface area contributed by atoms with Crippen molar-refractivity contribution in [1.82, 2.24) is 0 Å². The molecule has 0 aliphatic rings. The Morgan fingerprint density at radius 2 is 2.00 bits per heavy atom. The largest absolute Gasteiger partial charge is 0.326 e. The molecule has 0 radical (unpaired) electrons. The third-order valence-electron chi connectivity index (χ3n) is 1.16. The lowest BCUT2D eigenvalue weighted by molar-refractivity contribution is 0.625. The molecule has 4 heteroatoms. The summed E-state index contributed by atoms with van der Waals surface area (Å²) in [6.07, 6.45) is 0. The Hall–Kier alpha value is -0.310. The van der Waals surface area contributed by atoms with E-state index in [0.717, 1.165) is 0 Å². The second-order valence-corrected chi connectivity index (χ2v) is 2.42. The SMILES string of the molecule is Cl.NCc1cc(F)cc(Cl)c1. The van der Waals surface area contributed by atoms with Crippen LogP contribution in [0.15, 0.2) is 18.2 Å². The lowest BCUT2D eigenvalue weighted by atomic mass is 10.2. The van der Waals surface area contributed by atoms with Crippen molar-refractivity contribution in [3.8, 4) is 0 Å². The van der Waals surface area contributed by atoms with Gasteiger partial charge in [0.25, 0.3) is 0 Å². The predicted molar refractivity (Wildman–Crippen MR) is 46.5 cm³/mol. The van der Waals surface area contributed by atoms with Gasteiger partial charge >= 0.3 is 0 Å². The molecule has 0 amide bonds. The molecule has 1 aromatic rings. The molecular formula is C7H8Cl2FN. The van der Waals surface area contributed by atoms with Crippen LogP contribution in [0, 0.1) is 5.82 Å². The van der Waals surface area contributed by atoms with Gasteiger partial charge in [-0.05, 0) is 23.8 Å². The zero-order chi connectivity index (χ0) is 7.56. The van der Waals surface area contributed by atoms with Crippen molar-refractivity contribution in [2.24, 2.45) is 5.73 Å². The molecule has 1 rings (SSSR count). The Kier molecular flexibility index (Phi) is 4.42. The number of nitrogens with two attached hydrogens (primary N) is 1. The van der Waals surface area contributed by atoms with E-state index in [1.54, 1.807) is 6.07 Å². The first-order chi connectivity index (χ1) is 4.72. The molecular weight excluding hydrogens is 188 g/mol. The minimum absolute atomic E-state index is 0. The van der Waals surface area contributed by atoms with Crippen molar-refractivity contribution < 1.29 is 4.39 Å². The van der Waals surface area contributed by atoms with Crippen LogP contribution in [0.25, 0.3) is 0 Å². The van der Waals surface area contributed by atoms with E-state index in [2.05, 4.69) is 0 Å². The van der Waals surface area contributed by atoms with Crippen molar-refractivity contribution in [3.05, 3.63) is 34.6 Å². The van der Waals surface area contributed by atoms with Crippen LogP contribution >= 0.6 is 24.0 Å². The zero-order valence-corrected chi connectivity index (χ0v) is 7.25. The number of rotatable bonds is 1. The van der Waals surface area contributed by atoms with E-state index >= 15 is 0 Å². The smallest absolute Gasteiger partial charge is 0.125 e. The maximum Gasteiger partial charge on any atom is 0.125 e. The summed E-state index contributed by atoms with van der Waals surface area (Å²) in [5.74, 6) is -0.340. The van der Waals surface area contributed by atoms with Crippen LogP contribution in [0.2, 0.25) is 5.02 Å².